The molecule has 186 valence electrons. The zero-order valence-corrected chi connectivity index (χ0v) is 18.5. The third kappa shape index (κ3) is 7.29. The van der Waals surface area contributed by atoms with Gasteiger partial charge < -0.3 is 19.7 Å². The van der Waals surface area contributed by atoms with Crippen molar-refractivity contribution in [3.8, 4) is 11.3 Å². The van der Waals surface area contributed by atoms with Crippen LogP contribution in [0.25, 0.3) is 11.3 Å². The maximum atomic E-state index is 13.1. The molecule has 0 spiro atoms. The van der Waals surface area contributed by atoms with Gasteiger partial charge in [0, 0.05) is 38.3 Å². The summed E-state index contributed by atoms with van der Waals surface area (Å²) in [7, 11) is 0. The fraction of sp³-hybridized carbons (Fsp3) is 0.478. The van der Waals surface area contributed by atoms with Crippen molar-refractivity contribution in [1.29, 1.82) is 0 Å². The van der Waals surface area contributed by atoms with E-state index in [9.17, 15) is 22.4 Å². The minimum absolute atomic E-state index is 0.0649. The first-order valence-electron chi connectivity index (χ1n) is 11.0. The summed E-state index contributed by atoms with van der Waals surface area (Å²) in [6.07, 6.45) is -2.59. The zero-order chi connectivity index (χ0) is 24.7. The number of amides is 1. The highest BCUT2D eigenvalue weighted by molar-refractivity contribution is 5.92. The molecule has 11 heteroatoms. The first-order valence-corrected chi connectivity index (χ1v) is 11.0. The maximum absolute atomic E-state index is 13.1. The van der Waals surface area contributed by atoms with E-state index in [4.69, 9.17) is 14.3 Å². The average Bonchev–Trinajstić information content (AvgIpc) is 3.30. The Morgan fingerprint density at radius 2 is 1.59 bits per heavy atom. The molecule has 3 heterocycles. The number of carboxylic acids is 1. The number of aliphatic carboxylic acids is 1. The molecule has 0 aliphatic carbocycles. The Hall–Kier alpha value is -2.92. The van der Waals surface area contributed by atoms with E-state index in [1.54, 1.807) is 24.3 Å². The third-order valence-electron chi connectivity index (χ3n) is 5.82. The van der Waals surface area contributed by atoms with E-state index in [0.717, 1.165) is 57.3 Å². The van der Waals surface area contributed by atoms with Crippen LogP contribution in [-0.4, -0.2) is 78.8 Å². The van der Waals surface area contributed by atoms with Gasteiger partial charge in [-0.3, -0.25) is 9.69 Å². The predicted octanol–water partition coefficient (Wildman–Crippen LogP) is 3.48. The first-order chi connectivity index (χ1) is 16.1. The van der Waals surface area contributed by atoms with E-state index in [-0.39, 0.29) is 11.7 Å². The number of carbonyl (C=O) groups is 2. The van der Waals surface area contributed by atoms with Crippen molar-refractivity contribution < 1.29 is 36.7 Å². The fourth-order valence-electron chi connectivity index (χ4n) is 3.94. The second-order valence-corrected chi connectivity index (χ2v) is 8.26. The van der Waals surface area contributed by atoms with E-state index >= 15 is 0 Å². The lowest BCUT2D eigenvalue weighted by Crippen LogP contribution is -2.50. The second-order valence-electron chi connectivity index (χ2n) is 8.26. The number of benzene rings is 1. The van der Waals surface area contributed by atoms with E-state index in [1.165, 1.54) is 25.0 Å². The molecule has 0 unspecified atom stereocenters. The van der Waals surface area contributed by atoms with Gasteiger partial charge >= 0.3 is 12.1 Å². The van der Waals surface area contributed by atoms with Crippen LogP contribution in [0.3, 0.4) is 0 Å². The molecule has 34 heavy (non-hydrogen) atoms. The lowest BCUT2D eigenvalue weighted by Gasteiger charge is -2.37. The van der Waals surface area contributed by atoms with Crippen LogP contribution in [0.1, 0.15) is 23.4 Å². The van der Waals surface area contributed by atoms with Gasteiger partial charge in [0.25, 0.3) is 5.91 Å². The summed E-state index contributed by atoms with van der Waals surface area (Å²) < 4.78 is 50.5. The lowest BCUT2D eigenvalue weighted by atomic mass is 9.97. The number of hydrogen-bond acceptors (Lipinski definition) is 5. The van der Waals surface area contributed by atoms with Gasteiger partial charge in [0.2, 0.25) is 0 Å². The summed E-state index contributed by atoms with van der Waals surface area (Å²) >= 11 is 0. The summed E-state index contributed by atoms with van der Waals surface area (Å²) in [6.45, 7) is 6.68. The predicted molar refractivity (Wildman–Crippen MR) is 116 cm³/mol. The molecule has 4 rings (SSSR count). The summed E-state index contributed by atoms with van der Waals surface area (Å²) in [6, 6.07) is 9.57. The van der Waals surface area contributed by atoms with Gasteiger partial charge in [-0.25, -0.2) is 9.18 Å². The van der Waals surface area contributed by atoms with Gasteiger partial charge in [0.15, 0.2) is 5.76 Å². The molecule has 2 saturated heterocycles. The van der Waals surface area contributed by atoms with E-state index in [2.05, 4.69) is 10.2 Å². The molecule has 2 N–H and O–H groups in total. The van der Waals surface area contributed by atoms with Crippen LogP contribution < -0.4 is 5.32 Å². The number of hydrogen-bond donors (Lipinski definition) is 2. The van der Waals surface area contributed by atoms with Crippen LogP contribution >= 0.6 is 0 Å². The quantitative estimate of drug-likeness (QED) is 0.645. The zero-order valence-electron chi connectivity index (χ0n) is 18.5. The number of carbonyl (C=O) groups excluding carboxylic acids is 1. The van der Waals surface area contributed by atoms with Gasteiger partial charge in [0.1, 0.15) is 11.6 Å². The van der Waals surface area contributed by atoms with Gasteiger partial charge in [-0.1, -0.05) is 0 Å². The van der Waals surface area contributed by atoms with Gasteiger partial charge in [-0.15, -0.1) is 0 Å². The van der Waals surface area contributed by atoms with Crippen molar-refractivity contribution >= 4 is 11.9 Å². The van der Waals surface area contributed by atoms with E-state index in [1.807, 2.05) is 4.90 Å². The smallest absolute Gasteiger partial charge is 0.475 e. The number of nitrogens with zero attached hydrogens (tertiary/aromatic N) is 2. The number of piperidine rings is 1. The van der Waals surface area contributed by atoms with Gasteiger partial charge in [0.05, 0.1) is 0 Å². The molecule has 1 aromatic carbocycles. The molecule has 0 bridgehead atoms. The third-order valence-corrected chi connectivity index (χ3v) is 5.82. The highest BCUT2D eigenvalue weighted by Gasteiger charge is 2.38. The number of furan rings is 1. The van der Waals surface area contributed by atoms with Crippen molar-refractivity contribution in [1.82, 2.24) is 15.1 Å². The Balaban J connectivity index is 0.000000406. The molecule has 1 amide bonds. The van der Waals surface area contributed by atoms with Crippen LogP contribution in [-0.2, 0) is 4.79 Å². The normalized spacial score (nSPS) is 17.7. The average molecular weight is 485 g/mol. The first kappa shape index (κ1) is 25.7. The molecular formula is C23H27F4N3O4. The molecule has 0 saturated carbocycles. The molecule has 0 atom stereocenters. The molecular weight excluding hydrogens is 458 g/mol. The number of rotatable bonds is 4. The molecule has 2 fully saturated rings. The number of halogens is 4. The standard InChI is InChI=1S/C21H26FN3O2.C2HF3O2/c22-18-3-1-17(2-4-18)19-5-6-20(27-19)21(26)25-13-11-24(12-14-25)15-16-7-9-23-10-8-16;3-2(4,5)1(6)7/h1-6,16,23H,7-15H2;(H,6,7). The SMILES string of the molecule is O=C(O)C(F)(F)F.O=C(c1ccc(-c2ccc(F)cc2)o1)N1CCN(CC2CCNCC2)CC1. The minimum Gasteiger partial charge on any atom is -0.475 e. The molecule has 7 nitrogen and oxygen atoms in total. The van der Waals surface area contributed by atoms with Crippen LogP contribution in [0, 0.1) is 11.7 Å². The number of nitrogens with one attached hydrogen (secondary N) is 1. The van der Waals surface area contributed by atoms with Crippen molar-refractivity contribution in [3.05, 3.63) is 48.0 Å². The number of alkyl halides is 3. The summed E-state index contributed by atoms with van der Waals surface area (Å²) in [5.74, 6) is -1.40. The van der Waals surface area contributed by atoms with Crippen LogP contribution in [0.4, 0.5) is 17.6 Å². The number of piperazine rings is 1. The minimum atomic E-state index is -5.08. The van der Waals surface area contributed by atoms with Crippen LogP contribution in [0.5, 0.6) is 0 Å². The molecule has 2 aliphatic rings. The Labute approximate surface area is 194 Å². The fourth-order valence-corrected chi connectivity index (χ4v) is 3.94. The van der Waals surface area contributed by atoms with E-state index in [0.29, 0.717) is 11.5 Å². The van der Waals surface area contributed by atoms with Crippen molar-refractivity contribution in [2.45, 2.75) is 19.0 Å². The largest absolute Gasteiger partial charge is 0.490 e. The summed E-state index contributed by atoms with van der Waals surface area (Å²) in [5, 5.41) is 10.5. The van der Waals surface area contributed by atoms with Crippen LogP contribution in [0.15, 0.2) is 40.8 Å². The van der Waals surface area contributed by atoms with Crippen molar-refractivity contribution in [2.24, 2.45) is 5.92 Å². The van der Waals surface area contributed by atoms with E-state index < -0.39 is 12.1 Å². The van der Waals surface area contributed by atoms with Crippen molar-refractivity contribution in [2.75, 3.05) is 45.8 Å². The Morgan fingerprint density at radius 3 is 2.15 bits per heavy atom. The highest BCUT2D eigenvalue weighted by atomic mass is 19.4. The monoisotopic (exact) mass is 485 g/mol. The highest BCUT2D eigenvalue weighted by Crippen LogP contribution is 2.24. The van der Waals surface area contributed by atoms with Crippen molar-refractivity contribution in [3.63, 3.8) is 0 Å². The Kier molecular flexibility index (Phi) is 8.67. The Morgan fingerprint density at radius 1 is 1.00 bits per heavy atom. The summed E-state index contributed by atoms with van der Waals surface area (Å²) in [5.41, 5.74) is 0.766. The van der Waals surface area contributed by atoms with Gasteiger partial charge in [-0.2, -0.15) is 13.2 Å². The molecule has 1 aromatic heterocycles. The maximum Gasteiger partial charge on any atom is 0.490 e. The Bertz CT molecular complexity index is 948. The topological polar surface area (TPSA) is 86.0 Å². The van der Waals surface area contributed by atoms with Gasteiger partial charge in [-0.05, 0) is 68.2 Å². The summed E-state index contributed by atoms with van der Waals surface area (Å²) in [4.78, 5) is 26.0. The van der Waals surface area contributed by atoms with Crippen LogP contribution in [0.2, 0.25) is 0 Å². The molecule has 2 aromatic rings. The number of carboxylic acid groups (broad SMARTS) is 1. The second kappa shape index (κ2) is 11.5. The molecule has 2 aliphatic heterocycles. The lowest BCUT2D eigenvalue weighted by molar-refractivity contribution is -0.192. The molecule has 0 radical (unpaired) electrons.